The molecule has 2 aromatic rings. The number of hydrogen-bond donors (Lipinski definition) is 1. The Labute approximate surface area is 187 Å². The molecule has 1 saturated carbocycles. The molecule has 0 unspecified atom stereocenters. The van der Waals surface area contributed by atoms with Crippen LogP contribution in [0.4, 0.5) is 23.2 Å². The molecule has 4 rings (SSSR count). The van der Waals surface area contributed by atoms with Gasteiger partial charge < -0.3 is 10.2 Å². The summed E-state index contributed by atoms with van der Waals surface area (Å²) in [5.74, 6) is -1.90. The summed E-state index contributed by atoms with van der Waals surface area (Å²) in [4.78, 5) is 26.9. The number of fused-ring (bicyclic) bond motifs is 1. The van der Waals surface area contributed by atoms with Gasteiger partial charge in [0.15, 0.2) is 0 Å². The molecular weight excluding hydrogens is 448 g/mol. The van der Waals surface area contributed by atoms with E-state index < -0.39 is 29.9 Å². The smallest absolute Gasteiger partial charge is 0.338 e. The largest absolute Gasteiger partial charge is 0.419 e. The Morgan fingerprint density at radius 3 is 2.56 bits per heavy atom. The second-order valence-corrected chi connectivity index (χ2v) is 8.61. The van der Waals surface area contributed by atoms with Gasteiger partial charge in [0, 0.05) is 19.0 Å². The standard InChI is InChI=1S/C23H21ClF4N2O2/c24-18-8-7-15-12-30(22(32)13-3-1-4-13)10-9-16(15)21(18)29-19(31)11-14-5-2-6-17(20(14)25)23(26,27)28/h2,5-8,13H,1,3-4,9-12H2,(H,29,31). The molecule has 0 radical (unpaired) electrons. The first-order chi connectivity index (χ1) is 15.1. The lowest BCUT2D eigenvalue weighted by Gasteiger charge is -2.35. The van der Waals surface area contributed by atoms with Crippen LogP contribution in [0.3, 0.4) is 0 Å². The van der Waals surface area contributed by atoms with Crippen LogP contribution in [0.1, 0.15) is 41.5 Å². The van der Waals surface area contributed by atoms with Crippen molar-refractivity contribution in [2.24, 2.45) is 5.92 Å². The monoisotopic (exact) mass is 468 g/mol. The summed E-state index contributed by atoms with van der Waals surface area (Å²) in [7, 11) is 0. The molecule has 0 atom stereocenters. The number of amides is 2. The van der Waals surface area contributed by atoms with Gasteiger partial charge in [0.1, 0.15) is 5.82 Å². The number of carbonyl (C=O) groups is 2. The summed E-state index contributed by atoms with van der Waals surface area (Å²) >= 11 is 6.29. The summed E-state index contributed by atoms with van der Waals surface area (Å²) < 4.78 is 53.1. The molecule has 170 valence electrons. The van der Waals surface area contributed by atoms with Gasteiger partial charge in [-0.3, -0.25) is 9.59 Å². The third kappa shape index (κ3) is 4.46. The van der Waals surface area contributed by atoms with E-state index >= 15 is 0 Å². The number of alkyl halides is 3. The maximum atomic E-state index is 14.3. The molecule has 1 aliphatic heterocycles. The van der Waals surface area contributed by atoms with Crippen molar-refractivity contribution in [1.29, 1.82) is 0 Å². The first kappa shape index (κ1) is 22.6. The normalized spacial score (nSPS) is 16.3. The minimum Gasteiger partial charge on any atom is -0.338 e. The summed E-state index contributed by atoms with van der Waals surface area (Å²) in [5.41, 5.74) is 0.240. The minimum absolute atomic E-state index is 0.0883. The molecule has 9 heteroatoms. The average molecular weight is 469 g/mol. The molecule has 2 aliphatic rings. The SMILES string of the molecule is O=C(Cc1cccc(C(F)(F)F)c1F)Nc1c(Cl)ccc2c1CCN(C(=O)C1CCC1)C2. The number of carbonyl (C=O) groups excluding carboxylic acids is 2. The number of benzene rings is 2. The number of rotatable bonds is 4. The van der Waals surface area contributed by atoms with Crippen molar-refractivity contribution >= 4 is 29.1 Å². The summed E-state index contributed by atoms with van der Waals surface area (Å²) in [6.45, 7) is 0.904. The topological polar surface area (TPSA) is 49.4 Å². The van der Waals surface area contributed by atoms with E-state index in [2.05, 4.69) is 5.32 Å². The molecule has 0 aromatic heterocycles. The highest BCUT2D eigenvalue weighted by atomic mass is 35.5. The van der Waals surface area contributed by atoms with E-state index in [1.165, 1.54) is 0 Å². The predicted octanol–water partition coefficient (Wildman–Crippen LogP) is 5.36. The van der Waals surface area contributed by atoms with E-state index in [1.54, 1.807) is 12.1 Å². The summed E-state index contributed by atoms with van der Waals surface area (Å²) in [6.07, 6.45) is -2.03. The third-order valence-corrected chi connectivity index (χ3v) is 6.43. The summed E-state index contributed by atoms with van der Waals surface area (Å²) in [5, 5.41) is 2.92. The zero-order valence-electron chi connectivity index (χ0n) is 17.1. The second-order valence-electron chi connectivity index (χ2n) is 8.20. The highest BCUT2D eigenvalue weighted by Crippen LogP contribution is 2.36. The molecule has 32 heavy (non-hydrogen) atoms. The Bertz CT molecular complexity index is 1070. The van der Waals surface area contributed by atoms with E-state index in [1.807, 2.05) is 4.90 Å². The molecule has 1 aliphatic carbocycles. The van der Waals surface area contributed by atoms with Crippen LogP contribution in [0, 0.1) is 11.7 Å². The van der Waals surface area contributed by atoms with Crippen LogP contribution in [0.2, 0.25) is 5.02 Å². The third-order valence-electron chi connectivity index (χ3n) is 6.12. The van der Waals surface area contributed by atoms with E-state index in [-0.39, 0.29) is 22.4 Å². The first-order valence-corrected chi connectivity index (χ1v) is 10.8. The van der Waals surface area contributed by atoms with Crippen molar-refractivity contribution in [3.63, 3.8) is 0 Å². The maximum absolute atomic E-state index is 14.3. The van der Waals surface area contributed by atoms with Crippen LogP contribution in [-0.2, 0) is 35.2 Å². The molecular formula is C23H21ClF4N2O2. The van der Waals surface area contributed by atoms with Crippen LogP contribution in [-0.4, -0.2) is 23.3 Å². The van der Waals surface area contributed by atoms with Gasteiger partial charge in [-0.15, -0.1) is 0 Å². The van der Waals surface area contributed by atoms with Crippen molar-refractivity contribution in [2.45, 2.75) is 44.8 Å². The zero-order chi connectivity index (χ0) is 23.0. The number of anilines is 1. The quantitative estimate of drug-likeness (QED) is 0.614. The Morgan fingerprint density at radius 1 is 1.16 bits per heavy atom. The molecule has 1 heterocycles. The average Bonchev–Trinajstić information content (AvgIpc) is 2.69. The van der Waals surface area contributed by atoms with E-state index in [9.17, 15) is 27.2 Å². The minimum atomic E-state index is -4.85. The fourth-order valence-electron chi connectivity index (χ4n) is 4.16. The van der Waals surface area contributed by atoms with Crippen molar-refractivity contribution in [2.75, 3.05) is 11.9 Å². The maximum Gasteiger partial charge on any atom is 0.419 e. The molecule has 1 fully saturated rings. The van der Waals surface area contributed by atoms with Crippen molar-refractivity contribution in [3.05, 3.63) is 63.4 Å². The van der Waals surface area contributed by atoms with E-state index in [0.717, 1.165) is 42.5 Å². The highest BCUT2D eigenvalue weighted by molar-refractivity contribution is 6.34. The molecule has 0 saturated heterocycles. The van der Waals surface area contributed by atoms with Gasteiger partial charge in [-0.2, -0.15) is 13.2 Å². The van der Waals surface area contributed by atoms with E-state index in [4.69, 9.17) is 11.6 Å². The number of halogens is 5. The zero-order valence-corrected chi connectivity index (χ0v) is 17.8. The van der Waals surface area contributed by atoms with Crippen LogP contribution in [0.15, 0.2) is 30.3 Å². The summed E-state index contributed by atoms with van der Waals surface area (Å²) in [6, 6.07) is 6.27. The number of nitrogens with one attached hydrogen (secondary N) is 1. The van der Waals surface area contributed by atoms with Crippen molar-refractivity contribution in [1.82, 2.24) is 4.90 Å². The fraction of sp³-hybridized carbons (Fsp3) is 0.391. The Morgan fingerprint density at radius 2 is 1.91 bits per heavy atom. The molecule has 1 N–H and O–H groups in total. The molecule has 2 amide bonds. The highest BCUT2D eigenvalue weighted by Gasteiger charge is 2.35. The van der Waals surface area contributed by atoms with Crippen LogP contribution < -0.4 is 5.32 Å². The lowest BCUT2D eigenvalue weighted by Crippen LogP contribution is -2.42. The van der Waals surface area contributed by atoms with Crippen LogP contribution >= 0.6 is 11.6 Å². The van der Waals surface area contributed by atoms with Gasteiger partial charge in [0.25, 0.3) is 0 Å². The Balaban J connectivity index is 1.51. The predicted molar refractivity (Wildman–Crippen MR) is 112 cm³/mol. The van der Waals surface area contributed by atoms with Gasteiger partial charge in [-0.25, -0.2) is 4.39 Å². The van der Waals surface area contributed by atoms with Crippen molar-refractivity contribution in [3.8, 4) is 0 Å². The molecule has 0 bridgehead atoms. The Hall–Kier alpha value is -2.61. The molecule has 2 aromatic carbocycles. The molecule has 4 nitrogen and oxygen atoms in total. The second kappa shape index (κ2) is 8.73. The lowest BCUT2D eigenvalue weighted by molar-refractivity contribution is -0.140. The fourth-order valence-corrected chi connectivity index (χ4v) is 4.38. The van der Waals surface area contributed by atoms with Gasteiger partial charge in [0.05, 0.1) is 22.7 Å². The van der Waals surface area contributed by atoms with E-state index in [0.29, 0.717) is 31.3 Å². The van der Waals surface area contributed by atoms with Crippen LogP contribution in [0.5, 0.6) is 0 Å². The number of nitrogens with zero attached hydrogens (tertiary/aromatic N) is 1. The lowest BCUT2D eigenvalue weighted by atomic mass is 9.83. The van der Waals surface area contributed by atoms with Crippen LogP contribution in [0.25, 0.3) is 0 Å². The van der Waals surface area contributed by atoms with Gasteiger partial charge in [0.2, 0.25) is 11.8 Å². The van der Waals surface area contributed by atoms with Crippen molar-refractivity contribution < 1.29 is 27.2 Å². The van der Waals surface area contributed by atoms with Gasteiger partial charge >= 0.3 is 6.18 Å². The Kier molecular flexibility index (Phi) is 6.16. The first-order valence-electron chi connectivity index (χ1n) is 10.4. The van der Waals surface area contributed by atoms with Gasteiger partial charge in [-0.05, 0) is 48.1 Å². The number of hydrogen-bond acceptors (Lipinski definition) is 2. The molecule has 0 spiro atoms. The van der Waals surface area contributed by atoms with Gasteiger partial charge in [-0.1, -0.05) is 36.2 Å².